The number of carbonyl (C=O) groups is 1. The quantitative estimate of drug-likeness (QED) is 0.799. The first kappa shape index (κ1) is 18.9. The highest BCUT2D eigenvalue weighted by molar-refractivity contribution is 5.94. The van der Waals surface area contributed by atoms with Crippen molar-refractivity contribution in [1.29, 1.82) is 0 Å². The third-order valence-electron chi connectivity index (χ3n) is 5.36. The van der Waals surface area contributed by atoms with E-state index in [2.05, 4.69) is 33.9 Å². The molecule has 2 aliphatic rings. The van der Waals surface area contributed by atoms with Crippen LogP contribution in [0.25, 0.3) is 0 Å². The number of amides is 1. The number of nitrogens with zero attached hydrogens (tertiary/aromatic N) is 5. The van der Waals surface area contributed by atoms with Crippen LogP contribution in [0.3, 0.4) is 0 Å². The molecular weight excluding hydrogens is 358 g/mol. The Hall–Kier alpha value is -2.48. The summed E-state index contributed by atoms with van der Waals surface area (Å²) >= 11 is 0. The monoisotopic (exact) mass is 385 g/mol. The molecule has 0 saturated carbocycles. The molecule has 0 aliphatic carbocycles. The van der Waals surface area contributed by atoms with Crippen LogP contribution < -0.4 is 4.90 Å². The van der Waals surface area contributed by atoms with Crippen molar-refractivity contribution < 1.29 is 14.1 Å². The zero-order chi connectivity index (χ0) is 19.5. The van der Waals surface area contributed by atoms with Gasteiger partial charge in [0.1, 0.15) is 5.82 Å². The van der Waals surface area contributed by atoms with Gasteiger partial charge in [-0.25, -0.2) is 4.98 Å². The number of piperidine rings is 1. The maximum absolute atomic E-state index is 12.6. The number of morpholine rings is 1. The Morgan fingerprint density at radius 2 is 2.04 bits per heavy atom. The van der Waals surface area contributed by atoms with Crippen molar-refractivity contribution in [3.63, 3.8) is 0 Å². The molecule has 8 heteroatoms. The van der Waals surface area contributed by atoms with E-state index in [4.69, 9.17) is 9.26 Å². The first-order valence-electron chi connectivity index (χ1n) is 10.0. The largest absolute Gasteiger partial charge is 0.378 e. The highest BCUT2D eigenvalue weighted by Gasteiger charge is 2.27. The lowest BCUT2D eigenvalue weighted by Gasteiger charge is -2.32. The fourth-order valence-electron chi connectivity index (χ4n) is 3.68. The molecule has 0 bridgehead atoms. The number of hydrogen-bond acceptors (Lipinski definition) is 7. The van der Waals surface area contributed by atoms with E-state index in [9.17, 15) is 4.79 Å². The summed E-state index contributed by atoms with van der Waals surface area (Å²) in [6, 6.07) is 3.80. The van der Waals surface area contributed by atoms with Gasteiger partial charge in [0.05, 0.1) is 24.7 Å². The first-order chi connectivity index (χ1) is 13.6. The molecule has 2 aliphatic heterocycles. The molecule has 150 valence electrons. The normalized spacial score (nSPS) is 20.6. The van der Waals surface area contributed by atoms with Crippen LogP contribution in [0.15, 0.2) is 22.9 Å². The number of ether oxygens (including phenoxy) is 1. The molecule has 0 radical (unpaired) electrons. The van der Waals surface area contributed by atoms with Gasteiger partial charge in [-0.3, -0.25) is 4.79 Å². The van der Waals surface area contributed by atoms with Crippen LogP contribution in [0.1, 0.15) is 60.6 Å². The minimum atomic E-state index is 0.0194. The van der Waals surface area contributed by atoms with Crippen LogP contribution in [0.5, 0.6) is 0 Å². The van der Waals surface area contributed by atoms with Crippen molar-refractivity contribution in [2.75, 3.05) is 44.3 Å². The minimum Gasteiger partial charge on any atom is -0.378 e. The molecule has 28 heavy (non-hydrogen) atoms. The lowest BCUT2D eigenvalue weighted by atomic mass is 9.98. The zero-order valence-electron chi connectivity index (χ0n) is 16.5. The fraction of sp³-hybridized carbons (Fsp3) is 0.600. The lowest BCUT2D eigenvalue weighted by Crippen LogP contribution is -2.40. The maximum Gasteiger partial charge on any atom is 0.255 e. The second kappa shape index (κ2) is 8.26. The Morgan fingerprint density at radius 1 is 1.21 bits per heavy atom. The minimum absolute atomic E-state index is 0.0194. The van der Waals surface area contributed by atoms with Crippen LogP contribution in [0.4, 0.5) is 5.82 Å². The summed E-state index contributed by atoms with van der Waals surface area (Å²) in [7, 11) is 0. The van der Waals surface area contributed by atoms with Crippen molar-refractivity contribution in [2.24, 2.45) is 0 Å². The smallest absolute Gasteiger partial charge is 0.255 e. The molecule has 8 nitrogen and oxygen atoms in total. The second-order valence-corrected chi connectivity index (χ2v) is 7.74. The molecule has 2 saturated heterocycles. The van der Waals surface area contributed by atoms with Gasteiger partial charge in [-0.2, -0.15) is 4.98 Å². The Bertz CT molecular complexity index is 798. The summed E-state index contributed by atoms with van der Waals surface area (Å²) in [6.45, 7) is 8.32. The standard InChI is InChI=1S/C20H27N5O3/c1-14(2)18-22-19(28-23-18)16-4-3-7-25(13-16)17-6-5-15(12-21-17)20(26)24-8-10-27-11-9-24/h5-6,12,14,16H,3-4,7-11,13H2,1-2H3. The maximum atomic E-state index is 12.6. The molecule has 2 aromatic heterocycles. The number of carbonyl (C=O) groups excluding carboxylic acids is 1. The summed E-state index contributed by atoms with van der Waals surface area (Å²) in [6.07, 6.45) is 3.75. The van der Waals surface area contributed by atoms with E-state index < -0.39 is 0 Å². The van der Waals surface area contributed by atoms with Gasteiger partial charge in [0.2, 0.25) is 5.89 Å². The van der Waals surface area contributed by atoms with E-state index in [1.807, 2.05) is 17.0 Å². The highest BCUT2D eigenvalue weighted by atomic mass is 16.5. The van der Waals surface area contributed by atoms with Crippen LogP contribution in [0.2, 0.25) is 0 Å². The van der Waals surface area contributed by atoms with E-state index in [-0.39, 0.29) is 17.7 Å². The van der Waals surface area contributed by atoms with Crippen LogP contribution in [-0.4, -0.2) is 65.3 Å². The summed E-state index contributed by atoms with van der Waals surface area (Å²) in [5.41, 5.74) is 0.623. The van der Waals surface area contributed by atoms with E-state index in [1.54, 1.807) is 6.20 Å². The average Bonchev–Trinajstić information content (AvgIpc) is 3.25. The summed E-state index contributed by atoms with van der Waals surface area (Å²) < 4.78 is 10.8. The number of pyridine rings is 1. The predicted molar refractivity (Wildman–Crippen MR) is 104 cm³/mol. The van der Waals surface area contributed by atoms with Gasteiger partial charge in [0.15, 0.2) is 5.82 Å². The number of anilines is 1. The molecule has 0 spiro atoms. The predicted octanol–water partition coefficient (Wildman–Crippen LogP) is 2.44. The molecular formula is C20H27N5O3. The lowest BCUT2D eigenvalue weighted by molar-refractivity contribution is 0.0302. The Morgan fingerprint density at radius 3 is 2.71 bits per heavy atom. The Kier molecular flexibility index (Phi) is 5.57. The number of hydrogen-bond donors (Lipinski definition) is 0. The summed E-state index contributed by atoms with van der Waals surface area (Å²) in [5, 5.41) is 4.09. The highest BCUT2D eigenvalue weighted by Crippen LogP contribution is 2.29. The summed E-state index contributed by atoms with van der Waals surface area (Å²) in [4.78, 5) is 25.7. The van der Waals surface area contributed by atoms with E-state index in [0.717, 1.165) is 37.6 Å². The number of rotatable bonds is 4. The van der Waals surface area contributed by atoms with E-state index in [0.29, 0.717) is 37.8 Å². The van der Waals surface area contributed by atoms with Gasteiger partial charge in [-0.05, 0) is 25.0 Å². The molecule has 1 amide bonds. The Balaban J connectivity index is 1.42. The molecule has 0 N–H and O–H groups in total. The zero-order valence-corrected chi connectivity index (χ0v) is 16.5. The molecule has 2 aromatic rings. The van der Waals surface area contributed by atoms with Crippen molar-refractivity contribution in [1.82, 2.24) is 20.0 Å². The van der Waals surface area contributed by atoms with Gasteiger partial charge in [0.25, 0.3) is 5.91 Å². The van der Waals surface area contributed by atoms with Crippen molar-refractivity contribution in [3.05, 3.63) is 35.6 Å². The van der Waals surface area contributed by atoms with Crippen LogP contribution in [0, 0.1) is 0 Å². The van der Waals surface area contributed by atoms with Crippen LogP contribution in [-0.2, 0) is 4.74 Å². The van der Waals surface area contributed by atoms with Crippen LogP contribution >= 0.6 is 0 Å². The average molecular weight is 385 g/mol. The third kappa shape index (κ3) is 4.01. The number of aromatic nitrogens is 3. The van der Waals surface area contributed by atoms with Gasteiger partial charge in [-0.15, -0.1) is 0 Å². The first-order valence-corrected chi connectivity index (χ1v) is 10.0. The second-order valence-electron chi connectivity index (χ2n) is 7.74. The van der Waals surface area contributed by atoms with Crippen molar-refractivity contribution >= 4 is 11.7 Å². The molecule has 4 rings (SSSR count). The fourth-order valence-corrected chi connectivity index (χ4v) is 3.68. The van der Waals surface area contributed by atoms with Crippen molar-refractivity contribution in [2.45, 2.75) is 38.5 Å². The SMILES string of the molecule is CC(C)c1noc(C2CCCN(c3ccc(C(=O)N4CCOCC4)cn3)C2)n1. The van der Waals surface area contributed by atoms with Gasteiger partial charge in [0, 0.05) is 38.3 Å². The van der Waals surface area contributed by atoms with E-state index >= 15 is 0 Å². The van der Waals surface area contributed by atoms with Crippen molar-refractivity contribution in [3.8, 4) is 0 Å². The summed E-state index contributed by atoms with van der Waals surface area (Å²) in [5.74, 6) is 2.85. The molecule has 1 unspecified atom stereocenters. The molecule has 1 atom stereocenters. The molecule has 0 aromatic carbocycles. The third-order valence-corrected chi connectivity index (χ3v) is 5.36. The molecule has 4 heterocycles. The topological polar surface area (TPSA) is 84.6 Å². The van der Waals surface area contributed by atoms with Gasteiger partial charge >= 0.3 is 0 Å². The van der Waals surface area contributed by atoms with Gasteiger partial charge < -0.3 is 19.1 Å². The Labute approximate surface area is 164 Å². The van der Waals surface area contributed by atoms with Gasteiger partial charge in [-0.1, -0.05) is 19.0 Å². The van der Waals surface area contributed by atoms with E-state index in [1.165, 1.54) is 0 Å². The molecule has 2 fully saturated rings.